The standard InChI is InChI=1S/C16H16BrN3S/c1-9-5-11(17)8-12(6-9)19-16-13(15(18)21)7-10-3-2-4-14(10)20-16/h5-8H,2-4H2,1H3,(H2,18,21)(H,19,20). The fraction of sp³-hybridized carbons (Fsp3) is 0.250. The van der Waals surface area contributed by atoms with Crippen LogP contribution in [-0.2, 0) is 12.8 Å². The Hall–Kier alpha value is -1.46. The number of rotatable bonds is 3. The van der Waals surface area contributed by atoms with Crippen molar-refractivity contribution in [3.05, 3.63) is 51.1 Å². The van der Waals surface area contributed by atoms with Gasteiger partial charge in [0.2, 0.25) is 0 Å². The van der Waals surface area contributed by atoms with Crippen LogP contribution in [0.1, 0.15) is 28.8 Å². The van der Waals surface area contributed by atoms with Gasteiger partial charge in [-0.3, -0.25) is 0 Å². The summed E-state index contributed by atoms with van der Waals surface area (Å²) in [7, 11) is 0. The number of nitrogens with zero attached hydrogens (tertiary/aromatic N) is 1. The zero-order chi connectivity index (χ0) is 15.0. The normalized spacial score (nSPS) is 13.0. The van der Waals surface area contributed by atoms with Gasteiger partial charge in [0.25, 0.3) is 0 Å². The van der Waals surface area contributed by atoms with Crippen LogP contribution in [0.2, 0.25) is 0 Å². The van der Waals surface area contributed by atoms with Crippen molar-refractivity contribution in [2.45, 2.75) is 26.2 Å². The number of aryl methyl sites for hydroxylation is 3. The zero-order valence-corrected chi connectivity index (χ0v) is 14.1. The van der Waals surface area contributed by atoms with E-state index in [2.05, 4.69) is 46.4 Å². The van der Waals surface area contributed by atoms with Crippen molar-refractivity contribution < 1.29 is 0 Å². The molecule has 0 aliphatic heterocycles. The lowest BCUT2D eigenvalue weighted by atomic mass is 10.1. The molecule has 3 rings (SSSR count). The maximum atomic E-state index is 5.86. The molecule has 0 saturated heterocycles. The highest BCUT2D eigenvalue weighted by atomic mass is 79.9. The molecule has 0 fully saturated rings. The summed E-state index contributed by atoms with van der Waals surface area (Å²) in [6, 6.07) is 8.24. The number of nitrogens with two attached hydrogens (primary N) is 1. The Kier molecular flexibility index (Phi) is 3.95. The van der Waals surface area contributed by atoms with Crippen LogP contribution < -0.4 is 11.1 Å². The highest BCUT2D eigenvalue weighted by Gasteiger charge is 2.17. The van der Waals surface area contributed by atoms with Crippen molar-refractivity contribution in [1.82, 2.24) is 4.98 Å². The van der Waals surface area contributed by atoms with Gasteiger partial charge in [-0.25, -0.2) is 4.98 Å². The molecule has 2 aromatic rings. The molecule has 0 spiro atoms. The highest BCUT2D eigenvalue weighted by molar-refractivity contribution is 9.10. The van der Waals surface area contributed by atoms with E-state index < -0.39 is 0 Å². The molecule has 0 radical (unpaired) electrons. The molecule has 108 valence electrons. The Balaban J connectivity index is 2.03. The fourth-order valence-corrected chi connectivity index (χ4v) is 3.46. The predicted octanol–water partition coefficient (Wildman–Crippen LogP) is 4.02. The van der Waals surface area contributed by atoms with Gasteiger partial charge in [-0.1, -0.05) is 28.1 Å². The molecule has 0 bridgehead atoms. The summed E-state index contributed by atoms with van der Waals surface area (Å²) < 4.78 is 1.03. The summed E-state index contributed by atoms with van der Waals surface area (Å²) in [5.41, 5.74) is 11.3. The number of halogens is 1. The first-order valence-electron chi connectivity index (χ1n) is 6.90. The van der Waals surface area contributed by atoms with Crippen LogP contribution in [0.25, 0.3) is 0 Å². The van der Waals surface area contributed by atoms with Gasteiger partial charge in [0, 0.05) is 15.9 Å². The van der Waals surface area contributed by atoms with Crippen molar-refractivity contribution >= 4 is 44.6 Å². The second kappa shape index (κ2) is 5.73. The van der Waals surface area contributed by atoms with Crippen molar-refractivity contribution in [3.63, 3.8) is 0 Å². The summed E-state index contributed by atoms with van der Waals surface area (Å²) in [4.78, 5) is 5.12. The lowest BCUT2D eigenvalue weighted by molar-refractivity contribution is 0.900. The third-order valence-electron chi connectivity index (χ3n) is 3.62. The third-order valence-corrected chi connectivity index (χ3v) is 4.30. The number of fused-ring (bicyclic) bond motifs is 1. The predicted molar refractivity (Wildman–Crippen MR) is 94.3 cm³/mol. The van der Waals surface area contributed by atoms with Crippen molar-refractivity contribution in [3.8, 4) is 0 Å². The molecular formula is C16H16BrN3S. The second-order valence-corrected chi connectivity index (χ2v) is 6.71. The Morgan fingerprint density at radius 3 is 2.81 bits per heavy atom. The topological polar surface area (TPSA) is 50.9 Å². The van der Waals surface area contributed by atoms with Crippen molar-refractivity contribution in [2.24, 2.45) is 5.73 Å². The van der Waals surface area contributed by atoms with Gasteiger partial charge in [0.15, 0.2) is 0 Å². The maximum Gasteiger partial charge on any atom is 0.140 e. The van der Waals surface area contributed by atoms with E-state index in [9.17, 15) is 0 Å². The maximum absolute atomic E-state index is 5.86. The minimum Gasteiger partial charge on any atom is -0.389 e. The lowest BCUT2D eigenvalue weighted by Gasteiger charge is -2.13. The Morgan fingerprint density at radius 1 is 1.29 bits per heavy atom. The number of thiocarbonyl (C=S) groups is 1. The molecule has 3 N–H and O–H groups in total. The van der Waals surface area contributed by atoms with Gasteiger partial charge >= 0.3 is 0 Å². The lowest BCUT2D eigenvalue weighted by Crippen LogP contribution is -2.14. The summed E-state index contributed by atoms with van der Waals surface area (Å²) in [6.07, 6.45) is 3.24. The number of pyridine rings is 1. The quantitative estimate of drug-likeness (QED) is 0.810. The minimum absolute atomic E-state index is 0.381. The molecule has 1 aliphatic carbocycles. The second-order valence-electron chi connectivity index (χ2n) is 5.35. The van der Waals surface area contributed by atoms with Gasteiger partial charge in [-0.15, -0.1) is 0 Å². The highest BCUT2D eigenvalue weighted by Crippen LogP contribution is 2.28. The van der Waals surface area contributed by atoms with E-state index in [1.807, 2.05) is 6.07 Å². The smallest absolute Gasteiger partial charge is 0.140 e. The van der Waals surface area contributed by atoms with E-state index >= 15 is 0 Å². The molecule has 0 atom stereocenters. The molecule has 1 aromatic heterocycles. The van der Waals surface area contributed by atoms with Gasteiger partial charge in [0.05, 0.1) is 5.56 Å². The molecule has 0 amide bonds. The molecule has 21 heavy (non-hydrogen) atoms. The summed E-state index contributed by atoms with van der Waals surface area (Å²) >= 11 is 8.69. The number of anilines is 2. The molecule has 1 aliphatic rings. The van der Waals surface area contributed by atoms with Crippen LogP contribution in [0, 0.1) is 6.92 Å². The number of nitrogens with one attached hydrogen (secondary N) is 1. The average Bonchev–Trinajstić information content (AvgIpc) is 2.83. The Bertz CT molecular complexity index is 707. The van der Waals surface area contributed by atoms with Crippen LogP contribution in [0.4, 0.5) is 11.5 Å². The largest absolute Gasteiger partial charge is 0.389 e. The van der Waals surface area contributed by atoms with Gasteiger partial charge in [-0.2, -0.15) is 0 Å². The molecule has 1 aromatic carbocycles. The zero-order valence-electron chi connectivity index (χ0n) is 11.7. The summed E-state index contributed by atoms with van der Waals surface area (Å²) in [5, 5.41) is 3.36. The van der Waals surface area contributed by atoms with Gasteiger partial charge in [0.1, 0.15) is 10.8 Å². The molecule has 3 nitrogen and oxygen atoms in total. The summed E-state index contributed by atoms with van der Waals surface area (Å²) in [5.74, 6) is 0.751. The van der Waals surface area contributed by atoms with Crippen LogP contribution >= 0.6 is 28.1 Å². The third kappa shape index (κ3) is 3.09. The first-order chi connectivity index (χ1) is 10.0. The van der Waals surface area contributed by atoms with E-state index in [0.717, 1.165) is 46.5 Å². The molecule has 5 heteroatoms. The van der Waals surface area contributed by atoms with Crippen LogP contribution in [-0.4, -0.2) is 9.97 Å². The first kappa shape index (κ1) is 14.5. The molecular weight excluding hydrogens is 346 g/mol. The van der Waals surface area contributed by atoms with Crippen molar-refractivity contribution in [2.75, 3.05) is 5.32 Å². The molecule has 1 heterocycles. The number of hydrogen-bond donors (Lipinski definition) is 2. The van der Waals surface area contributed by atoms with Gasteiger partial charge in [-0.05, 0) is 61.6 Å². The minimum atomic E-state index is 0.381. The SMILES string of the molecule is Cc1cc(Br)cc(Nc2nc3c(cc2C(N)=S)CCC3)c1. The number of benzene rings is 1. The number of aromatic nitrogens is 1. The molecule has 0 saturated carbocycles. The Labute approximate surface area is 138 Å². The number of hydrogen-bond acceptors (Lipinski definition) is 3. The monoisotopic (exact) mass is 361 g/mol. The molecule has 0 unspecified atom stereocenters. The van der Waals surface area contributed by atoms with E-state index in [0.29, 0.717) is 4.99 Å². The van der Waals surface area contributed by atoms with E-state index in [1.54, 1.807) is 0 Å². The average molecular weight is 362 g/mol. The van der Waals surface area contributed by atoms with E-state index in [4.69, 9.17) is 22.9 Å². The van der Waals surface area contributed by atoms with Crippen LogP contribution in [0.3, 0.4) is 0 Å². The van der Waals surface area contributed by atoms with Gasteiger partial charge < -0.3 is 11.1 Å². The van der Waals surface area contributed by atoms with Crippen molar-refractivity contribution in [1.29, 1.82) is 0 Å². The summed E-state index contributed by atoms with van der Waals surface area (Å²) in [6.45, 7) is 2.06. The van der Waals surface area contributed by atoms with Crippen LogP contribution in [0.15, 0.2) is 28.7 Å². The first-order valence-corrected chi connectivity index (χ1v) is 8.10. The van der Waals surface area contributed by atoms with Crippen LogP contribution in [0.5, 0.6) is 0 Å². The Morgan fingerprint density at radius 2 is 2.10 bits per heavy atom. The van der Waals surface area contributed by atoms with E-state index in [-0.39, 0.29) is 0 Å². The fourth-order valence-electron chi connectivity index (χ4n) is 2.70. The van der Waals surface area contributed by atoms with E-state index in [1.165, 1.54) is 11.1 Å².